The predicted octanol–water partition coefficient (Wildman–Crippen LogP) is 2.12. The Kier molecular flexibility index (Phi) is 5.45. The second kappa shape index (κ2) is 7.57. The quantitative estimate of drug-likeness (QED) is 0.860. The van der Waals surface area contributed by atoms with Crippen molar-refractivity contribution < 1.29 is 18.3 Å². The van der Waals surface area contributed by atoms with Gasteiger partial charge in [-0.3, -0.25) is 14.4 Å². The predicted molar refractivity (Wildman–Crippen MR) is 85.1 cm³/mol. The molecule has 0 atom stereocenters. The zero-order valence-corrected chi connectivity index (χ0v) is 13.7. The highest BCUT2D eigenvalue weighted by Gasteiger charge is 2.41. The molecule has 6 nitrogen and oxygen atoms in total. The van der Waals surface area contributed by atoms with Crippen molar-refractivity contribution in [2.75, 3.05) is 31.6 Å². The van der Waals surface area contributed by atoms with Crippen molar-refractivity contribution in [1.29, 1.82) is 0 Å². The first-order chi connectivity index (χ1) is 11.6. The smallest absolute Gasteiger partial charge is 0.257 e. The molecule has 3 rings (SSSR count). The van der Waals surface area contributed by atoms with Crippen molar-refractivity contribution in [3.8, 4) is 0 Å². The van der Waals surface area contributed by atoms with E-state index in [2.05, 4.69) is 15.3 Å². The van der Waals surface area contributed by atoms with Gasteiger partial charge < -0.3 is 10.1 Å². The third kappa shape index (κ3) is 4.10. The van der Waals surface area contributed by atoms with Gasteiger partial charge in [0, 0.05) is 37.3 Å². The first-order valence-electron chi connectivity index (χ1n) is 8.52. The summed E-state index contributed by atoms with van der Waals surface area (Å²) in [6.07, 6.45) is 3.70. The van der Waals surface area contributed by atoms with Gasteiger partial charge in [0.1, 0.15) is 6.54 Å². The molecule has 1 saturated heterocycles. The highest BCUT2D eigenvalue weighted by molar-refractivity contribution is 5.90. The van der Waals surface area contributed by atoms with Crippen LogP contribution in [0.25, 0.3) is 0 Å². The lowest BCUT2D eigenvalue weighted by Gasteiger charge is -2.43. The van der Waals surface area contributed by atoms with E-state index >= 15 is 0 Å². The fourth-order valence-corrected chi connectivity index (χ4v) is 3.83. The third-order valence-corrected chi connectivity index (χ3v) is 4.94. The summed E-state index contributed by atoms with van der Waals surface area (Å²) in [4.78, 5) is 14.9. The van der Waals surface area contributed by atoms with Crippen LogP contribution in [0.15, 0.2) is 12.3 Å². The van der Waals surface area contributed by atoms with E-state index in [1.165, 1.54) is 6.20 Å². The molecule has 24 heavy (non-hydrogen) atoms. The summed E-state index contributed by atoms with van der Waals surface area (Å²) in [5.74, 6) is 0.224. The Hall–Kier alpha value is -1.54. The molecule has 0 spiro atoms. The van der Waals surface area contributed by atoms with Gasteiger partial charge in [-0.15, -0.1) is 0 Å². The molecule has 1 amide bonds. The molecule has 0 unspecified atom stereocenters. The number of alkyl halides is 2. The van der Waals surface area contributed by atoms with Crippen molar-refractivity contribution in [3.63, 3.8) is 0 Å². The van der Waals surface area contributed by atoms with Crippen molar-refractivity contribution in [2.45, 2.75) is 50.6 Å². The van der Waals surface area contributed by atoms with Gasteiger partial charge in [-0.05, 0) is 12.8 Å². The highest BCUT2D eigenvalue weighted by atomic mass is 19.3. The summed E-state index contributed by atoms with van der Waals surface area (Å²) in [5.41, 5.74) is -0.0978. The number of carbonyl (C=O) groups excluding carboxylic acids is 1. The second-order valence-corrected chi connectivity index (χ2v) is 6.57. The molecule has 0 aromatic carbocycles. The number of nitrogens with one attached hydrogen (secondary N) is 1. The maximum atomic E-state index is 12.5. The largest absolute Gasteiger partial charge is 0.379 e. The molecule has 1 saturated carbocycles. The molecule has 0 bridgehead atoms. The Morgan fingerprint density at radius 3 is 2.71 bits per heavy atom. The molecule has 1 aliphatic heterocycles. The lowest BCUT2D eigenvalue weighted by Crippen LogP contribution is -2.53. The number of carbonyl (C=O) groups is 1. The lowest BCUT2D eigenvalue weighted by atomic mass is 9.90. The Balaban J connectivity index is 1.60. The van der Waals surface area contributed by atoms with Crippen molar-refractivity contribution in [1.82, 2.24) is 14.7 Å². The van der Waals surface area contributed by atoms with E-state index in [-0.39, 0.29) is 11.4 Å². The van der Waals surface area contributed by atoms with Crippen LogP contribution in [0.5, 0.6) is 0 Å². The van der Waals surface area contributed by atoms with Gasteiger partial charge in [0.05, 0.1) is 13.2 Å². The number of nitrogens with zero attached hydrogens (tertiary/aromatic N) is 3. The molecule has 1 aromatic heterocycles. The normalized spacial score (nSPS) is 21.3. The van der Waals surface area contributed by atoms with Crippen LogP contribution in [0.4, 0.5) is 14.6 Å². The average molecular weight is 342 g/mol. The number of hydrogen-bond donors (Lipinski definition) is 1. The van der Waals surface area contributed by atoms with Crippen LogP contribution in [0.3, 0.4) is 0 Å². The van der Waals surface area contributed by atoms with Crippen LogP contribution in [0.1, 0.15) is 32.1 Å². The zero-order valence-electron chi connectivity index (χ0n) is 13.7. The third-order valence-electron chi connectivity index (χ3n) is 4.94. The topological polar surface area (TPSA) is 59.4 Å². The van der Waals surface area contributed by atoms with Gasteiger partial charge in [-0.2, -0.15) is 5.10 Å². The van der Waals surface area contributed by atoms with Crippen molar-refractivity contribution in [2.24, 2.45) is 0 Å². The van der Waals surface area contributed by atoms with E-state index in [0.29, 0.717) is 25.5 Å². The molecule has 8 heteroatoms. The molecule has 0 radical (unpaired) electrons. The summed E-state index contributed by atoms with van der Waals surface area (Å²) in [5, 5.41) is 6.72. The Morgan fingerprint density at radius 2 is 2.04 bits per heavy atom. The minimum Gasteiger partial charge on any atom is -0.379 e. The molecule has 1 aromatic rings. The minimum atomic E-state index is -2.46. The number of morpholine rings is 1. The van der Waals surface area contributed by atoms with Crippen LogP contribution in [0, 0.1) is 0 Å². The van der Waals surface area contributed by atoms with E-state index in [4.69, 9.17) is 4.74 Å². The van der Waals surface area contributed by atoms with Gasteiger partial charge in [0.2, 0.25) is 5.91 Å². The Labute approximate surface area is 140 Å². The standard InChI is InChI=1S/C16H24F2N4O2/c17-13(18)12-22-6-3-14(20-22)19-15(23)11-16(4-1-2-5-16)21-7-9-24-10-8-21/h3,6,13H,1-2,4-5,7-12H2,(H,19,20,23). The molecule has 2 aliphatic rings. The highest BCUT2D eigenvalue weighted by Crippen LogP contribution is 2.38. The van der Waals surface area contributed by atoms with Gasteiger partial charge in [-0.1, -0.05) is 12.8 Å². The van der Waals surface area contributed by atoms with Crippen molar-refractivity contribution >= 4 is 11.7 Å². The first kappa shape index (κ1) is 17.3. The van der Waals surface area contributed by atoms with Crippen LogP contribution >= 0.6 is 0 Å². The van der Waals surface area contributed by atoms with E-state index in [9.17, 15) is 13.6 Å². The number of halogens is 2. The first-order valence-corrected chi connectivity index (χ1v) is 8.52. The van der Waals surface area contributed by atoms with Gasteiger partial charge in [-0.25, -0.2) is 8.78 Å². The van der Waals surface area contributed by atoms with Gasteiger partial charge >= 0.3 is 0 Å². The Morgan fingerprint density at radius 1 is 1.33 bits per heavy atom. The number of anilines is 1. The number of ether oxygens (including phenoxy) is 1. The van der Waals surface area contributed by atoms with Crippen LogP contribution < -0.4 is 5.32 Å². The van der Waals surface area contributed by atoms with Crippen molar-refractivity contribution in [3.05, 3.63) is 12.3 Å². The fraction of sp³-hybridized carbons (Fsp3) is 0.750. The summed E-state index contributed by atoms with van der Waals surface area (Å²) in [6, 6.07) is 1.55. The molecular formula is C16H24F2N4O2. The average Bonchev–Trinajstić information content (AvgIpc) is 3.18. The number of rotatable bonds is 6. The monoisotopic (exact) mass is 342 g/mol. The van der Waals surface area contributed by atoms with Crippen LogP contribution in [0.2, 0.25) is 0 Å². The number of aromatic nitrogens is 2. The summed E-state index contributed by atoms with van der Waals surface area (Å²) in [7, 11) is 0. The maximum absolute atomic E-state index is 12.5. The molecular weight excluding hydrogens is 318 g/mol. The fourth-order valence-electron chi connectivity index (χ4n) is 3.83. The van der Waals surface area contributed by atoms with E-state index in [0.717, 1.165) is 43.5 Å². The maximum Gasteiger partial charge on any atom is 0.257 e. The zero-order chi connectivity index (χ0) is 17.0. The molecule has 2 heterocycles. The number of amides is 1. The SMILES string of the molecule is O=C(CC1(N2CCOCC2)CCCC1)Nc1ccn(CC(F)F)n1. The molecule has 1 N–H and O–H groups in total. The van der Waals surface area contributed by atoms with E-state index in [1.807, 2.05) is 0 Å². The molecule has 134 valence electrons. The van der Waals surface area contributed by atoms with E-state index in [1.54, 1.807) is 6.07 Å². The van der Waals surface area contributed by atoms with Crippen LogP contribution in [-0.4, -0.2) is 58.9 Å². The summed E-state index contributed by atoms with van der Waals surface area (Å²) >= 11 is 0. The van der Waals surface area contributed by atoms with Crippen LogP contribution in [-0.2, 0) is 16.1 Å². The van der Waals surface area contributed by atoms with Gasteiger partial charge in [0.25, 0.3) is 6.43 Å². The second-order valence-electron chi connectivity index (χ2n) is 6.57. The minimum absolute atomic E-state index is 0.0978. The van der Waals surface area contributed by atoms with E-state index < -0.39 is 13.0 Å². The van der Waals surface area contributed by atoms with Gasteiger partial charge in [0.15, 0.2) is 5.82 Å². The molecule has 1 aliphatic carbocycles. The lowest BCUT2D eigenvalue weighted by molar-refractivity contribution is -0.120. The number of hydrogen-bond acceptors (Lipinski definition) is 4. The summed E-state index contributed by atoms with van der Waals surface area (Å²) < 4.78 is 31.3. The Bertz CT molecular complexity index is 552. The summed E-state index contributed by atoms with van der Waals surface area (Å²) in [6.45, 7) is 2.67. The molecule has 2 fully saturated rings.